The number of hydrogen-bond donors (Lipinski definition) is 0. The number of aromatic nitrogens is 2. The smallest absolute Gasteiger partial charge is 0.284 e. The Bertz CT molecular complexity index is 651. The van der Waals surface area contributed by atoms with E-state index in [9.17, 15) is 22.4 Å². The zero-order valence-corrected chi connectivity index (χ0v) is 11.4. The summed E-state index contributed by atoms with van der Waals surface area (Å²) in [6, 6.07) is 4.22. The van der Waals surface area contributed by atoms with E-state index in [0.29, 0.717) is 4.47 Å². The first kappa shape index (κ1) is 14.7. The van der Waals surface area contributed by atoms with E-state index < -0.39 is 23.3 Å². The molecule has 0 bridgehead atoms. The van der Waals surface area contributed by atoms with Gasteiger partial charge in [0.25, 0.3) is 5.78 Å². The maximum Gasteiger partial charge on any atom is 0.454 e. The Balaban J connectivity index is 2.22. The molecule has 0 aliphatic carbocycles. The van der Waals surface area contributed by atoms with Crippen molar-refractivity contribution in [2.45, 2.75) is 12.7 Å². The van der Waals surface area contributed by atoms with Gasteiger partial charge in [-0.2, -0.15) is 18.3 Å². The summed E-state index contributed by atoms with van der Waals surface area (Å²) in [6.45, 7) is -0.0730. The second-order valence-electron chi connectivity index (χ2n) is 3.99. The highest BCUT2D eigenvalue weighted by atomic mass is 79.9. The minimum Gasteiger partial charge on any atom is -0.284 e. The number of halogens is 5. The third-order valence-electron chi connectivity index (χ3n) is 2.49. The van der Waals surface area contributed by atoms with Crippen LogP contribution in [0.3, 0.4) is 0 Å². The molecule has 0 amide bonds. The van der Waals surface area contributed by atoms with Crippen LogP contribution in [0.1, 0.15) is 15.9 Å². The van der Waals surface area contributed by atoms with Crippen LogP contribution >= 0.6 is 15.9 Å². The standard InChI is InChI=1S/C12H7BrF4N2O/c13-9-1-2-10(14)7(3-9)5-19-6-8(4-18-19)11(20)12(15,16)17/h1-4,6H,5H2. The number of nitrogens with zero attached hydrogens (tertiary/aromatic N) is 2. The predicted octanol–water partition coefficient (Wildman–Crippen LogP) is 3.58. The Morgan fingerprint density at radius 1 is 1.35 bits per heavy atom. The molecule has 0 unspecified atom stereocenters. The van der Waals surface area contributed by atoms with E-state index in [4.69, 9.17) is 0 Å². The fourth-order valence-electron chi connectivity index (χ4n) is 1.57. The maximum absolute atomic E-state index is 13.5. The van der Waals surface area contributed by atoms with Crippen molar-refractivity contribution in [1.82, 2.24) is 9.78 Å². The Morgan fingerprint density at radius 2 is 2.05 bits per heavy atom. The topological polar surface area (TPSA) is 34.9 Å². The van der Waals surface area contributed by atoms with Crippen molar-refractivity contribution in [1.29, 1.82) is 0 Å². The fraction of sp³-hybridized carbons (Fsp3) is 0.167. The quantitative estimate of drug-likeness (QED) is 0.626. The summed E-state index contributed by atoms with van der Waals surface area (Å²) in [6.07, 6.45) is -3.20. The van der Waals surface area contributed by atoms with Crippen LogP contribution in [0, 0.1) is 5.82 Å². The van der Waals surface area contributed by atoms with E-state index in [1.54, 1.807) is 0 Å². The fourth-order valence-corrected chi connectivity index (χ4v) is 1.98. The lowest BCUT2D eigenvalue weighted by Gasteiger charge is -2.04. The SMILES string of the molecule is O=C(c1cnn(Cc2cc(Br)ccc2F)c1)C(F)(F)F. The highest BCUT2D eigenvalue weighted by molar-refractivity contribution is 9.10. The summed E-state index contributed by atoms with van der Waals surface area (Å²) in [5.74, 6) is -2.48. The molecule has 0 N–H and O–H groups in total. The zero-order valence-electron chi connectivity index (χ0n) is 9.79. The molecule has 106 valence electrons. The first-order valence-electron chi connectivity index (χ1n) is 5.35. The van der Waals surface area contributed by atoms with Crippen molar-refractivity contribution in [2.75, 3.05) is 0 Å². The second-order valence-corrected chi connectivity index (χ2v) is 4.90. The average molecular weight is 351 g/mol. The van der Waals surface area contributed by atoms with E-state index in [1.807, 2.05) is 0 Å². The van der Waals surface area contributed by atoms with Crippen molar-refractivity contribution >= 4 is 21.7 Å². The first-order valence-corrected chi connectivity index (χ1v) is 6.14. The largest absolute Gasteiger partial charge is 0.454 e. The molecule has 20 heavy (non-hydrogen) atoms. The van der Waals surface area contributed by atoms with Gasteiger partial charge in [0, 0.05) is 16.2 Å². The number of carbonyl (C=O) groups excluding carboxylic acids is 1. The summed E-state index contributed by atoms with van der Waals surface area (Å²) < 4.78 is 51.9. The number of benzene rings is 1. The molecule has 1 aromatic heterocycles. The monoisotopic (exact) mass is 350 g/mol. The van der Waals surface area contributed by atoms with Crippen LogP contribution in [0.4, 0.5) is 17.6 Å². The second kappa shape index (κ2) is 5.35. The number of carbonyl (C=O) groups is 1. The molecular formula is C12H7BrF4N2O. The molecule has 0 spiro atoms. The molecule has 0 aliphatic rings. The van der Waals surface area contributed by atoms with Crippen LogP contribution in [-0.4, -0.2) is 21.7 Å². The van der Waals surface area contributed by atoms with Crippen LogP contribution in [0.5, 0.6) is 0 Å². The number of Topliss-reactive ketones (excluding diaryl/α,β-unsaturated/α-hetero) is 1. The van der Waals surface area contributed by atoms with E-state index in [2.05, 4.69) is 21.0 Å². The van der Waals surface area contributed by atoms with E-state index in [1.165, 1.54) is 18.2 Å². The van der Waals surface area contributed by atoms with Gasteiger partial charge in [0.05, 0.1) is 18.3 Å². The molecule has 0 saturated heterocycles. The van der Waals surface area contributed by atoms with Crippen molar-refractivity contribution in [2.24, 2.45) is 0 Å². The molecular weight excluding hydrogens is 344 g/mol. The lowest BCUT2D eigenvalue weighted by Crippen LogP contribution is -2.22. The van der Waals surface area contributed by atoms with Crippen LogP contribution < -0.4 is 0 Å². The van der Waals surface area contributed by atoms with Crippen molar-refractivity contribution in [3.63, 3.8) is 0 Å². The van der Waals surface area contributed by atoms with Crippen LogP contribution in [0.2, 0.25) is 0 Å². The molecule has 0 aliphatic heterocycles. The highest BCUT2D eigenvalue weighted by Crippen LogP contribution is 2.21. The molecule has 1 heterocycles. The molecule has 2 rings (SSSR count). The average Bonchev–Trinajstić information content (AvgIpc) is 2.80. The lowest BCUT2D eigenvalue weighted by atomic mass is 10.2. The summed E-state index contributed by atoms with van der Waals surface area (Å²) in [4.78, 5) is 11.0. The lowest BCUT2D eigenvalue weighted by molar-refractivity contribution is -0.0885. The number of hydrogen-bond acceptors (Lipinski definition) is 2. The molecule has 0 radical (unpaired) electrons. The number of ketones is 1. The summed E-state index contributed by atoms with van der Waals surface area (Å²) >= 11 is 3.16. The van der Waals surface area contributed by atoms with Gasteiger partial charge in [0.2, 0.25) is 0 Å². The third-order valence-corrected chi connectivity index (χ3v) is 2.99. The minimum atomic E-state index is -4.95. The van der Waals surface area contributed by atoms with Crippen LogP contribution in [-0.2, 0) is 6.54 Å². The Kier molecular flexibility index (Phi) is 3.94. The van der Waals surface area contributed by atoms with Gasteiger partial charge in [-0.25, -0.2) is 4.39 Å². The Labute approximate surface area is 119 Å². The summed E-state index contributed by atoms with van der Waals surface area (Å²) in [7, 11) is 0. The van der Waals surface area contributed by atoms with Gasteiger partial charge in [0.15, 0.2) is 0 Å². The van der Waals surface area contributed by atoms with Gasteiger partial charge >= 0.3 is 6.18 Å². The third kappa shape index (κ3) is 3.24. The first-order chi connectivity index (χ1) is 9.27. The van der Waals surface area contributed by atoms with Crippen molar-refractivity contribution in [3.8, 4) is 0 Å². The molecule has 8 heteroatoms. The van der Waals surface area contributed by atoms with Crippen molar-refractivity contribution < 1.29 is 22.4 Å². The minimum absolute atomic E-state index is 0.0730. The van der Waals surface area contributed by atoms with E-state index in [0.717, 1.165) is 17.1 Å². The normalized spacial score (nSPS) is 11.7. The van der Waals surface area contributed by atoms with E-state index in [-0.39, 0.29) is 12.1 Å². The molecule has 0 saturated carbocycles. The van der Waals surface area contributed by atoms with Gasteiger partial charge in [-0.3, -0.25) is 9.48 Å². The van der Waals surface area contributed by atoms with Gasteiger partial charge in [0.1, 0.15) is 5.82 Å². The predicted molar refractivity (Wildman–Crippen MR) is 65.8 cm³/mol. The summed E-state index contributed by atoms with van der Waals surface area (Å²) in [5.41, 5.74) is -0.332. The molecule has 2 aromatic rings. The van der Waals surface area contributed by atoms with Gasteiger partial charge in [-0.1, -0.05) is 15.9 Å². The van der Waals surface area contributed by atoms with Gasteiger partial charge < -0.3 is 0 Å². The molecule has 3 nitrogen and oxygen atoms in total. The molecule has 1 aromatic carbocycles. The Hall–Kier alpha value is -1.70. The number of alkyl halides is 3. The molecule has 0 atom stereocenters. The van der Waals surface area contributed by atoms with E-state index >= 15 is 0 Å². The molecule has 0 fully saturated rings. The zero-order chi connectivity index (χ0) is 14.9. The summed E-state index contributed by atoms with van der Waals surface area (Å²) in [5, 5.41) is 3.63. The van der Waals surface area contributed by atoms with Crippen LogP contribution in [0.15, 0.2) is 35.1 Å². The Morgan fingerprint density at radius 3 is 2.70 bits per heavy atom. The van der Waals surface area contributed by atoms with Gasteiger partial charge in [-0.05, 0) is 18.2 Å². The highest BCUT2D eigenvalue weighted by Gasteiger charge is 2.39. The van der Waals surface area contributed by atoms with Gasteiger partial charge in [-0.15, -0.1) is 0 Å². The number of rotatable bonds is 3. The van der Waals surface area contributed by atoms with Crippen molar-refractivity contribution in [3.05, 3.63) is 52.0 Å². The van der Waals surface area contributed by atoms with Crippen LogP contribution in [0.25, 0.3) is 0 Å². The maximum atomic E-state index is 13.5.